The molecule has 0 aliphatic carbocycles. The van der Waals surface area contributed by atoms with Crippen LogP contribution in [0.25, 0.3) is 0 Å². The minimum absolute atomic E-state index is 0.112. The fourth-order valence-corrected chi connectivity index (χ4v) is 4.99. The Labute approximate surface area is 166 Å². The molecule has 1 fully saturated rings. The summed E-state index contributed by atoms with van der Waals surface area (Å²) in [6, 6.07) is 15.1. The van der Waals surface area contributed by atoms with E-state index in [2.05, 4.69) is 46.3 Å². The Hall–Kier alpha value is -2.53. The summed E-state index contributed by atoms with van der Waals surface area (Å²) in [5.41, 5.74) is 4.91. The zero-order valence-electron chi connectivity index (χ0n) is 16.4. The summed E-state index contributed by atoms with van der Waals surface area (Å²) in [6.45, 7) is 6.55. The van der Waals surface area contributed by atoms with Gasteiger partial charge in [-0.1, -0.05) is 29.8 Å². The van der Waals surface area contributed by atoms with Gasteiger partial charge in [-0.15, -0.1) is 0 Å². The number of nitrogens with zero attached hydrogens (tertiary/aromatic N) is 2. The Morgan fingerprint density at radius 2 is 2.04 bits per heavy atom. The average Bonchev–Trinajstić information content (AvgIpc) is 3.01. The van der Waals surface area contributed by atoms with Crippen LogP contribution in [0.15, 0.2) is 42.5 Å². The fourth-order valence-electron chi connectivity index (χ4n) is 4.99. The molecule has 0 saturated carbocycles. The van der Waals surface area contributed by atoms with E-state index in [4.69, 9.17) is 4.74 Å². The first kappa shape index (κ1) is 17.6. The molecule has 3 aliphatic heterocycles. The van der Waals surface area contributed by atoms with Crippen LogP contribution in [-0.4, -0.2) is 49.6 Å². The summed E-state index contributed by atoms with van der Waals surface area (Å²) in [7, 11) is 0. The van der Waals surface area contributed by atoms with Crippen molar-refractivity contribution in [3.05, 3.63) is 53.6 Å². The quantitative estimate of drug-likeness (QED) is 0.812. The first-order chi connectivity index (χ1) is 13.7. The van der Waals surface area contributed by atoms with Crippen LogP contribution in [0.2, 0.25) is 0 Å². The monoisotopic (exact) mass is 377 g/mol. The SMILES string of the molecule is Cc1ccc(OCCCN2CCC3C(C2)c2cccc4c2N3CC(=O)N4)cc1. The number of likely N-dealkylation sites (tertiary alicyclic amines) is 1. The van der Waals surface area contributed by atoms with Gasteiger partial charge in [0.05, 0.1) is 24.5 Å². The van der Waals surface area contributed by atoms with Gasteiger partial charge in [-0.3, -0.25) is 4.79 Å². The van der Waals surface area contributed by atoms with E-state index in [1.54, 1.807) is 0 Å². The molecule has 146 valence electrons. The van der Waals surface area contributed by atoms with E-state index in [0.717, 1.165) is 50.5 Å². The molecule has 2 aromatic carbocycles. The Morgan fingerprint density at radius 3 is 2.89 bits per heavy atom. The average molecular weight is 377 g/mol. The van der Waals surface area contributed by atoms with Gasteiger partial charge < -0.3 is 19.9 Å². The lowest BCUT2D eigenvalue weighted by molar-refractivity contribution is -0.115. The van der Waals surface area contributed by atoms with Crippen molar-refractivity contribution in [2.45, 2.75) is 31.7 Å². The number of amides is 1. The summed E-state index contributed by atoms with van der Waals surface area (Å²) in [5.74, 6) is 1.56. The number of rotatable bonds is 5. The van der Waals surface area contributed by atoms with Gasteiger partial charge >= 0.3 is 0 Å². The normalized spacial score (nSPS) is 23.2. The van der Waals surface area contributed by atoms with Gasteiger partial charge in [0.25, 0.3) is 0 Å². The minimum Gasteiger partial charge on any atom is -0.494 e. The van der Waals surface area contributed by atoms with E-state index < -0.39 is 0 Å². The fraction of sp³-hybridized carbons (Fsp3) is 0.435. The molecule has 5 nitrogen and oxygen atoms in total. The molecule has 5 rings (SSSR count). The predicted octanol–water partition coefficient (Wildman–Crippen LogP) is 3.39. The van der Waals surface area contributed by atoms with Crippen molar-refractivity contribution in [3.63, 3.8) is 0 Å². The van der Waals surface area contributed by atoms with Crippen LogP contribution in [-0.2, 0) is 4.79 Å². The molecule has 28 heavy (non-hydrogen) atoms. The van der Waals surface area contributed by atoms with Crippen molar-refractivity contribution in [1.82, 2.24) is 4.90 Å². The Balaban J connectivity index is 1.20. The van der Waals surface area contributed by atoms with Crippen LogP contribution in [0.1, 0.15) is 29.9 Å². The molecular weight excluding hydrogens is 350 g/mol. The molecule has 0 spiro atoms. The highest BCUT2D eigenvalue weighted by Gasteiger charge is 2.44. The van der Waals surface area contributed by atoms with Crippen molar-refractivity contribution in [2.75, 3.05) is 43.0 Å². The number of anilines is 2. The van der Waals surface area contributed by atoms with Gasteiger partial charge in [0.1, 0.15) is 5.75 Å². The van der Waals surface area contributed by atoms with Crippen molar-refractivity contribution >= 4 is 17.3 Å². The molecule has 0 bridgehead atoms. The largest absolute Gasteiger partial charge is 0.494 e. The van der Waals surface area contributed by atoms with Gasteiger partial charge in [-0.05, 0) is 43.5 Å². The van der Waals surface area contributed by atoms with E-state index in [9.17, 15) is 4.79 Å². The Kier molecular flexibility index (Phi) is 4.47. The number of benzene rings is 2. The summed E-state index contributed by atoms with van der Waals surface area (Å²) in [5, 5.41) is 3.04. The van der Waals surface area contributed by atoms with Gasteiger partial charge in [-0.25, -0.2) is 0 Å². The van der Waals surface area contributed by atoms with Crippen LogP contribution in [0, 0.1) is 6.92 Å². The third kappa shape index (κ3) is 3.14. The van der Waals surface area contributed by atoms with Crippen LogP contribution in [0.5, 0.6) is 5.75 Å². The molecule has 3 heterocycles. The van der Waals surface area contributed by atoms with Crippen molar-refractivity contribution in [3.8, 4) is 5.75 Å². The second-order valence-electron chi connectivity index (χ2n) is 8.20. The van der Waals surface area contributed by atoms with E-state index in [1.807, 2.05) is 18.2 Å². The molecule has 3 aliphatic rings. The molecule has 2 unspecified atom stereocenters. The van der Waals surface area contributed by atoms with Crippen molar-refractivity contribution < 1.29 is 9.53 Å². The maximum absolute atomic E-state index is 12.1. The summed E-state index contributed by atoms with van der Waals surface area (Å²) in [4.78, 5) is 17.0. The Morgan fingerprint density at radius 1 is 1.18 bits per heavy atom. The van der Waals surface area contributed by atoms with Crippen molar-refractivity contribution in [1.29, 1.82) is 0 Å². The van der Waals surface area contributed by atoms with E-state index in [-0.39, 0.29) is 5.91 Å². The van der Waals surface area contributed by atoms with Gasteiger partial charge in [0.15, 0.2) is 0 Å². The highest BCUT2D eigenvalue weighted by molar-refractivity contribution is 6.03. The number of aryl methyl sites for hydroxylation is 1. The third-order valence-corrected chi connectivity index (χ3v) is 6.31. The Bertz CT molecular complexity index is 880. The zero-order valence-corrected chi connectivity index (χ0v) is 16.4. The molecule has 2 atom stereocenters. The van der Waals surface area contributed by atoms with Gasteiger partial charge in [0.2, 0.25) is 5.91 Å². The molecule has 2 aromatic rings. The molecule has 1 saturated heterocycles. The van der Waals surface area contributed by atoms with Crippen LogP contribution >= 0.6 is 0 Å². The van der Waals surface area contributed by atoms with Crippen LogP contribution < -0.4 is 15.0 Å². The number of carbonyl (C=O) groups excluding carboxylic acids is 1. The van der Waals surface area contributed by atoms with Crippen LogP contribution in [0.4, 0.5) is 11.4 Å². The third-order valence-electron chi connectivity index (χ3n) is 6.31. The lowest BCUT2D eigenvalue weighted by atomic mass is 9.89. The summed E-state index contributed by atoms with van der Waals surface area (Å²) >= 11 is 0. The first-order valence-electron chi connectivity index (χ1n) is 10.3. The van der Waals surface area contributed by atoms with E-state index in [0.29, 0.717) is 18.5 Å². The number of piperidine rings is 1. The maximum atomic E-state index is 12.1. The smallest absolute Gasteiger partial charge is 0.243 e. The second-order valence-corrected chi connectivity index (χ2v) is 8.20. The first-order valence-corrected chi connectivity index (χ1v) is 10.3. The minimum atomic E-state index is 0.112. The number of carbonyl (C=O) groups is 1. The second kappa shape index (κ2) is 7.13. The summed E-state index contributed by atoms with van der Waals surface area (Å²) < 4.78 is 5.88. The molecule has 0 aromatic heterocycles. The number of ether oxygens (including phenoxy) is 1. The number of fused-ring (bicyclic) bond motifs is 3. The predicted molar refractivity (Wildman–Crippen MR) is 111 cm³/mol. The highest BCUT2D eigenvalue weighted by Crippen LogP contribution is 2.49. The van der Waals surface area contributed by atoms with Gasteiger partial charge in [-0.2, -0.15) is 0 Å². The number of hydrogen-bond acceptors (Lipinski definition) is 4. The molecule has 1 N–H and O–H groups in total. The number of para-hydroxylation sites is 1. The molecule has 5 heteroatoms. The number of hydrogen-bond donors (Lipinski definition) is 1. The van der Waals surface area contributed by atoms with E-state index in [1.165, 1.54) is 16.8 Å². The lowest BCUT2D eigenvalue weighted by Crippen LogP contribution is -2.49. The molecular formula is C23H27N3O2. The van der Waals surface area contributed by atoms with Crippen LogP contribution in [0.3, 0.4) is 0 Å². The lowest BCUT2D eigenvalue weighted by Gasteiger charge is -2.39. The standard InChI is InChI=1S/C23H27N3O2/c1-16-6-8-17(9-7-16)28-13-3-11-25-12-10-21-19(14-25)18-4-2-5-20-23(18)26(21)15-22(27)24-20/h2,4-9,19,21H,3,10-15H2,1H3,(H,24,27). The number of nitrogens with one attached hydrogen (secondary N) is 1. The highest BCUT2D eigenvalue weighted by atomic mass is 16.5. The zero-order chi connectivity index (χ0) is 19.1. The topological polar surface area (TPSA) is 44.8 Å². The molecule has 1 amide bonds. The van der Waals surface area contributed by atoms with Crippen molar-refractivity contribution in [2.24, 2.45) is 0 Å². The van der Waals surface area contributed by atoms with Gasteiger partial charge in [0, 0.05) is 31.6 Å². The molecule has 0 radical (unpaired) electrons. The summed E-state index contributed by atoms with van der Waals surface area (Å²) in [6.07, 6.45) is 2.15. The maximum Gasteiger partial charge on any atom is 0.243 e. The van der Waals surface area contributed by atoms with E-state index >= 15 is 0 Å².